The normalized spacial score (nSPS) is 11.2. The molecule has 0 radical (unpaired) electrons. The maximum absolute atomic E-state index is 11.1. The number of hydrogen-bond acceptors (Lipinski definition) is 1. The van der Waals surface area contributed by atoms with Gasteiger partial charge in [-0.15, -0.1) is 0 Å². The second-order valence-corrected chi connectivity index (χ2v) is 4.35. The predicted molar refractivity (Wildman–Crippen MR) is 62.8 cm³/mol. The monoisotopic (exact) mass is 221 g/mol. The minimum Gasteiger partial charge on any atom is -0.358 e. The molecule has 0 atom stereocenters. The Morgan fingerprint density at radius 2 is 2.13 bits per heavy atom. The van der Waals surface area contributed by atoms with Gasteiger partial charge in [-0.2, -0.15) is 0 Å². The lowest BCUT2D eigenvalue weighted by Crippen LogP contribution is -1.92. The molecule has 0 fully saturated rings. The summed E-state index contributed by atoms with van der Waals surface area (Å²) in [6.07, 6.45) is 0.893. The van der Waals surface area contributed by atoms with E-state index in [-0.39, 0.29) is 0 Å². The molecule has 3 heteroatoms. The Hall–Kier alpha value is -1.28. The minimum atomic E-state index is 0.302. The largest absolute Gasteiger partial charge is 0.358 e. The molecule has 1 N–H and O–H groups in total. The lowest BCUT2D eigenvalue weighted by molar-refractivity contribution is 0.112. The van der Waals surface area contributed by atoms with Gasteiger partial charge in [-0.05, 0) is 24.1 Å². The van der Waals surface area contributed by atoms with E-state index in [1.54, 1.807) is 0 Å². The van der Waals surface area contributed by atoms with Crippen LogP contribution >= 0.6 is 11.6 Å². The molecule has 0 bridgehead atoms. The van der Waals surface area contributed by atoms with Crippen LogP contribution < -0.4 is 0 Å². The van der Waals surface area contributed by atoms with E-state index in [0.29, 0.717) is 10.9 Å². The molecule has 0 saturated heterocycles. The fourth-order valence-electron chi connectivity index (χ4n) is 1.79. The molecule has 78 valence electrons. The highest BCUT2D eigenvalue weighted by Crippen LogP contribution is 2.28. The van der Waals surface area contributed by atoms with Crippen molar-refractivity contribution in [1.82, 2.24) is 4.98 Å². The van der Waals surface area contributed by atoms with Gasteiger partial charge in [0.2, 0.25) is 0 Å². The predicted octanol–water partition coefficient (Wildman–Crippen LogP) is 3.76. The highest BCUT2D eigenvalue weighted by Gasteiger charge is 2.13. The Morgan fingerprint density at radius 3 is 2.73 bits per heavy atom. The molecule has 1 heterocycles. The molecule has 0 aliphatic rings. The fourth-order valence-corrected chi connectivity index (χ4v) is 1.96. The molecule has 2 rings (SSSR count). The second kappa shape index (κ2) is 3.70. The fraction of sp³-hybridized carbons (Fsp3) is 0.250. The van der Waals surface area contributed by atoms with E-state index in [0.717, 1.165) is 28.4 Å². The number of aromatic amines is 1. The number of hydrogen-bond donors (Lipinski definition) is 1. The van der Waals surface area contributed by atoms with Gasteiger partial charge in [0.05, 0.1) is 0 Å². The van der Waals surface area contributed by atoms with Crippen molar-refractivity contribution in [2.24, 2.45) is 0 Å². The zero-order valence-electron chi connectivity index (χ0n) is 8.67. The van der Waals surface area contributed by atoms with E-state index >= 15 is 0 Å². The molecular weight excluding hydrogens is 210 g/mol. The zero-order chi connectivity index (χ0) is 11.0. The number of halogens is 1. The molecule has 0 aliphatic heterocycles. The molecule has 1 aromatic heterocycles. The van der Waals surface area contributed by atoms with Crippen molar-refractivity contribution in [3.63, 3.8) is 0 Å². The van der Waals surface area contributed by atoms with Gasteiger partial charge in [-0.3, -0.25) is 4.79 Å². The van der Waals surface area contributed by atoms with Crippen molar-refractivity contribution >= 4 is 28.8 Å². The van der Waals surface area contributed by atoms with Crippen molar-refractivity contribution in [1.29, 1.82) is 0 Å². The average molecular weight is 222 g/mol. The number of nitrogens with one attached hydrogen (secondary N) is 1. The van der Waals surface area contributed by atoms with Gasteiger partial charge in [0.15, 0.2) is 6.29 Å². The summed E-state index contributed by atoms with van der Waals surface area (Å²) < 4.78 is 0. The summed E-state index contributed by atoms with van der Waals surface area (Å²) in [7, 11) is 0. The van der Waals surface area contributed by atoms with Gasteiger partial charge in [-0.25, -0.2) is 0 Å². The number of rotatable bonds is 2. The van der Waals surface area contributed by atoms with Gasteiger partial charge in [0, 0.05) is 27.2 Å². The summed E-state index contributed by atoms with van der Waals surface area (Å²) in [5, 5.41) is 1.56. The van der Waals surface area contributed by atoms with E-state index in [9.17, 15) is 4.79 Å². The molecule has 1 aromatic carbocycles. The molecule has 0 saturated carbocycles. The number of benzene rings is 1. The first kappa shape index (κ1) is 10.2. The van der Waals surface area contributed by atoms with E-state index in [1.807, 2.05) is 18.2 Å². The molecule has 0 unspecified atom stereocenters. The standard InChI is InChI=1S/C12H12ClNO/c1-7(2)12-10(6-15)9-5-8(13)3-4-11(9)14-12/h3-7,14H,1-2H3. The lowest BCUT2D eigenvalue weighted by Gasteiger charge is -2.01. The van der Waals surface area contributed by atoms with Gasteiger partial charge in [-0.1, -0.05) is 25.4 Å². The first-order valence-corrected chi connectivity index (χ1v) is 5.27. The van der Waals surface area contributed by atoms with Crippen LogP contribution in [0.5, 0.6) is 0 Å². The van der Waals surface area contributed by atoms with Crippen molar-refractivity contribution in [3.05, 3.63) is 34.5 Å². The minimum absolute atomic E-state index is 0.302. The summed E-state index contributed by atoms with van der Waals surface area (Å²) in [6, 6.07) is 5.54. The number of H-pyrrole nitrogens is 1. The van der Waals surface area contributed by atoms with Crippen molar-refractivity contribution in [2.75, 3.05) is 0 Å². The lowest BCUT2D eigenvalue weighted by atomic mass is 10.0. The van der Waals surface area contributed by atoms with Gasteiger partial charge < -0.3 is 4.98 Å². The third kappa shape index (κ3) is 1.65. The summed E-state index contributed by atoms with van der Waals surface area (Å²) in [5.74, 6) is 0.302. The van der Waals surface area contributed by atoms with Crippen LogP contribution in [0.15, 0.2) is 18.2 Å². The molecule has 15 heavy (non-hydrogen) atoms. The highest BCUT2D eigenvalue weighted by atomic mass is 35.5. The van der Waals surface area contributed by atoms with Crippen LogP contribution in [0.1, 0.15) is 35.8 Å². The summed E-state index contributed by atoms with van der Waals surface area (Å²) in [5.41, 5.74) is 2.66. The number of aldehydes is 1. The molecule has 2 aromatic rings. The maximum atomic E-state index is 11.1. The van der Waals surface area contributed by atoms with E-state index < -0.39 is 0 Å². The number of aromatic nitrogens is 1. The van der Waals surface area contributed by atoms with Crippen LogP contribution in [0.3, 0.4) is 0 Å². The molecule has 0 spiro atoms. The van der Waals surface area contributed by atoms with E-state index in [1.165, 1.54) is 0 Å². The number of carbonyl (C=O) groups is 1. The average Bonchev–Trinajstić information content (AvgIpc) is 2.55. The molecule has 2 nitrogen and oxygen atoms in total. The summed E-state index contributed by atoms with van der Waals surface area (Å²) >= 11 is 5.91. The summed E-state index contributed by atoms with van der Waals surface area (Å²) in [4.78, 5) is 14.3. The van der Waals surface area contributed by atoms with Crippen LogP contribution in [0.2, 0.25) is 5.02 Å². The quantitative estimate of drug-likeness (QED) is 0.770. The van der Waals surface area contributed by atoms with Crippen LogP contribution in [0, 0.1) is 0 Å². The topological polar surface area (TPSA) is 32.9 Å². The Kier molecular flexibility index (Phi) is 2.53. The van der Waals surface area contributed by atoms with Crippen LogP contribution in [0.25, 0.3) is 10.9 Å². The van der Waals surface area contributed by atoms with E-state index in [4.69, 9.17) is 11.6 Å². The highest BCUT2D eigenvalue weighted by molar-refractivity contribution is 6.31. The molecule has 0 aliphatic carbocycles. The van der Waals surface area contributed by atoms with Crippen LogP contribution in [-0.2, 0) is 0 Å². The van der Waals surface area contributed by atoms with Gasteiger partial charge in [0.1, 0.15) is 0 Å². The van der Waals surface area contributed by atoms with Crippen molar-refractivity contribution in [2.45, 2.75) is 19.8 Å². The Morgan fingerprint density at radius 1 is 1.40 bits per heavy atom. The number of fused-ring (bicyclic) bond motifs is 1. The van der Waals surface area contributed by atoms with E-state index in [2.05, 4.69) is 18.8 Å². The molecule has 0 amide bonds. The maximum Gasteiger partial charge on any atom is 0.152 e. The summed E-state index contributed by atoms with van der Waals surface area (Å²) in [6.45, 7) is 4.11. The van der Waals surface area contributed by atoms with Gasteiger partial charge in [0.25, 0.3) is 0 Å². The first-order chi connectivity index (χ1) is 7.13. The Bertz CT molecular complexity index is 514. The smallest absolute Gasteiger partial charge is 0.152 e. The van der Waals surface area contributed by atoms with Gasteiger partial charge >= 0.3 is 0 Å². The SMILES string of the molecule is CC(C)c1[nH]c2ccc(Cl)cc2c1C=O. The zero-order valence-corrected chi connectivity index (χ0v) is 9.43. The first-order valence-electron chi connectivity index (χ1n) is 4.89. The third-order valence-electron chi connectivity index (χ3n) is 2.53. The van der Waals surface area contributed by atoms with Crippen LogP contribution in [-0.4, -0.2) is 11.3 Å². The molecular formula is C12H12ClNO. The van der Waals surface area contributed by atoms with Crippen molar-refractivity contribution < 1.29 is 4.79 Å². The Labute approximate surface area is 93.2 Å². The van der Waals surface area contributed by atoms with Crippen molar-refractivity contribution in [3.8, 4) is 0 Å². The Balaban J connectivity index is 2.79. The number of carbonyl (C=O) groups excluding carboxylic acids is 1. The second-order valence-electron chi connectivity index (χ2n) is 3.91. The van der Waals surface area contributed by atoms with Crippen LogP contribution in [0.4, 0.5) is 0 Å². The third-order valence-corrected chi connectivity index (χ3v) is 2.76.